The Labute approximate surface area is 122 Å². The van der Waals surface area contributed by atoms with Crippen LogP contribution in [0, 0.1) is 20.8 Å². The Kier molecular flexibility index (Phi) is 4.21. The predicted molar refractivity (Wildman–Crippen MR) is 80.0 cm³/mol. The molecule has 0 bridgehead atoms. The minimum Gasteiger partial charge on any atom is -0.481 e. The van der Waals surface area contributed by atoms with E-state index in [4.69, 9.17) is 5.11 Å². The minimum atomic E-state index is -0.935. The van der Waals surface area contributed by atoms with Gasteiger partial charge >= 0.3 is 5.97 Å². The van der Waals surface area contributed by atoms with Crippen molar-refractivity contribution in [2.75, 3.05) is 0 Å². The molecule has 2 aromatic rings. The van der Waals surface area contributed by atoms with E-state index in [1.165, 1.54) is 6.07 Å². The quantitative estimate of drug-likeness (QED) is 0.935. The fourth-order valence-electron chi connectivity index (χ4n) is 2.32. The predicted octanol–water partition coefficient (Wildman–Crippen LogP) is 2.17. The van der Waals surface area contributed by atoms with Crippen LogP contribution in [0.2, 0.25) is 0 Å². The van der Waals surface area contributed by atoms with Crippen molar-refractivity contribution in [3.05, 3.63) is 57.0 Å². The maximum atomic E-state index is 11.9. The number of carboxylic acids is 1. The lowest BCUT2D eigenvalue weighted by Crippen LogP contribution is -2.19. The molecule has 0 unspecified atom stereocenters. The van der Waals surface area contributed by atoms with Gasteiger partial charge in [0.2, 0.25) is 5.43 Å². The third-order valence-corrected chi connectivity index (χ3v) is 3.21. The highest BCUT2D eigenvalue weighted by Gasteiger charge is 2.10. The van der Waals surface area contributed by atoms with Gasteiger partial charge in [0.05, 0.1) is 12.1 Å². The van der Waals surface area contributed by atoms with Gasteiger partial charge in [-0.1, -0.05) is 6.07 Å². The van der Waals surface area contributed by atoms with Crippen molar-refractivity contribution in [2.24, 2.45) is 0 Å². The fraction of sp³-hybridized carbons (Fsp3) is 0.312. The molecule has 5 heteroatoms. The monoisotopic (exact) mass is 286 g/mol. The normalized spacial score (nSPS) is 10.6. The molecule has 0 saturated carbocycles. The number of rotatable bonds is 4. The zero-order valence-corrected chi connectivity index (χ0v) is 12.4. The number of hydrogen-bond acceptors (Lipinski definition) is 3. The molecule has 1 aromatic carbocycles. The highest BCUT2D eigenvalue weighted by molar-refractivity contribution is 5.66. The van der Waals surface area contributed by atoms with Gasteiger partial charge in [-0.25, -0.2) is 4.68 Å². The second-order valence-electron chi connectivity index (χ2n) is 5.25. The first-order chi connectivity index (χ1) is 9.86. The molecule has 0 radical (unpaired) electrons. The van der Waals surface area contributed by atoms with E-state index in [0.29, 0.717) is 0 Å². The van der Waals surface area contributed by atoms with Gasteiger partial charge < -0.3 is 5.11 Å². The Morgan fingerprint density at radius 3 is 2.33 bits per heavy atom. The van der Waals surface area contributed by atoms with Crippen LogP contribution in [0.5, 0.6) is 0 Å². The van der Waals surface area contributed by atoms with Crippen LogP contribution in [0.3, 0.4) is 0 Å². The van der Waals surface area contributed by atoms with Crippen LogP contribution in [0.25, 0.3) is 5.69 Å². The number of carboxylic acid groups (broad SMARTS) is 1. The lowest BCUT2D eigenvalue weighted by Gasteiger charge is -2.12. The molecule has 1 N–H and O–H groups in total. The van der Waals surface area contributed by atoms with Crippen LogP contribution in [0.4, 0.5) is 0 Å². The van der Waals surface area contributed by atoms with Gasteiger partial charge in [0.1, 0.15) is 5.69 Å². The maximum absolute atomic E-state index is 11.9. The van der Waals surface area contributed by atoms with Crippen LogP contribution in [0.1, 0.15) is 28.9 Å². The Morgan fingerprint density at radius 2 is 1.76 bits per heavy atom. The SMILES string of the molecule is Cc1cc(C)cc(-n2nc(CCC(=O)O)c(=O)cc2C)c1. The van der Waals surface area contributed by atoms with Gasteiger partial charge in [-0.05, 0) is 44.0 Å². The summed E-state index contributed by atoms with van der Waals surface area (Å²) < 4.78 is 1.69. The Hall–Kier alpha value is -2.43. The van der Waals surface area contributed by atoms with Crippen LogP contribution in [0.15, 0.2) is 29.1 Å². The zero-order valence-electron chi connectivity index (χ0n) is 12.4. The standard InChI is InChI=1S/C16H18N2O3/c1-10-6-11(2)8-13(7-10)18-12(3)9-15(19)14(17-18)4-5-16(20)21/h6-9H,4-5H2,1-3H3,(H,20,21). The average Bonchev–Trinajstić information content (AvgIpc) is 2.36. The van der Waals surface area contributed by atoms with Gasteiger partial charge in [-0.15, -0.1) is 0 Å². The Morgan fingerprint density at radius 1 is 1.14 bits per heavy atom. The Balaban J connectivity index is 2.50. The van der Waals surface area contributed by atoms with Crippen molar-refractivity contribution in [3.63, 3.8) is 0 Å². The summed E-state index contributed by atoms with van der Waals surface area (Å²) in [5.74, 6) is -0.935. The first-order valence-electron chi connectivity index (χ1n) is 6.77. The van der Waals surface area contributed by atoms with Crippen molar-refractivity contribution >= 4 is 5.97 Å². The topological polar surface area (TPSA) is 72.2 Å². The van der Waals surface area contributed by atoms with E-state index in [1.807, 2.05) is 32.9 Å². The second kappa shape index (κ2) is 5.91. The summed E-state index contributed by atoms with van der Waals surface area (Å²) in [4.78, 5) is 22.6. The van der Waals surface area contributed by atoms with Crippen LogP contribution < -0.4 is 5.43 Å². The third-order valence-electron chi connectivity index (χ3n) is 3.21. The average molecular weight is 286 g/mol. The van der Waals surface area contributed by atoms with Gasteiger partial charge in [0.15, 0.2) is 0 Å². The van der Waals surface area contributed by atoms with E-state index in [2.05, 4.69) is 11.2 Å². The molecule has 21 heavy (non-hydrogen) atoms. The molecular formula is C16H18N2O3. The lowest BCUT2D eigenvalue weighted by molar-refractivity contribution is -0.136. The third kappa shape index (κ3) is 3.56. The van der Waals surface area contributed by atoms with E-state index in [1.54, 1.807) is 4.68 Å². The van der Waals surface area contributed by atoms with Gasteiger partial charge in [-0.3, -0.25) is 9.59 Å². The molecule has 1 heterocycles. The molecule has 1 aromatic heterocycles. The van der Waals surface area contributed by atoms with Crippen LogP contribution in [-0.2, 0) is 11.2 Å². The summed E-state index contributed by atoms with van der Waals surface area (Å²) in [6.07, 6.45) is 0.0391. The van der Waals surface area contributed by atoms with Gasteiger partial charge in [-0.2, -0.15) is 5.10 Å². The molecule has 0 aliphatic heterocycles. The number of hydrogen-bond donors (Lipinski definition) is 1. The highest BCUT2D eigenvalue weighted by Crippen LogP contribution is 2.14. The number of carbonyl (C=O) groups is 1. The van der Waals surface area contributed by atoms with Gasteiger partial charge in [0, 0.05) is 18.2 Å². The first kappa shape index (κ1) is 15.0. The van der Waals surface area contributed by atoms with E-state index >= 15 is 0 Å². The van der Waals surface area contributed by atoms with Gasteiger partial charge in [0.25, 0.3) is 0 Å². The highest BCUT2D eigenvalue weighted by atomic mass is 16.4. The second-order valence-corrected chi connectivity index (χ2v) is 5.25. The molecule has 0 saturated heterocycles. The molecule has 2 rings (SSSR count). The first-order valence-corrected chi connectivity index (χ1v) is 6.77. The summed E-state index contributed by atoms with van der Waals surface area (Å²) >= 11 is 0. The van der Waals surface area contributed by atoms with Crippen molar-refractivity contribution in [1.82, 2.24) is 9.78 Å². The molecule has 0 aliphatic rings. The molecule has 0 atom stereocenters. The lowest BCUT2D eigenvalue weighted by atomic mass is 10.1. The molecule has 0 amide bonds. The molecule has 0 aliphatic carbocycles. The minimum absolute atomic E-state index is 0.0991. The molecule has 0 fully saturated rings. The van der Waals surface area contributed by atoms with E-state index in [9.17, 15) is 9.59 Å². The number of aliphatic carboxylic acids is 1. The summed E-state index contributed by atoms with van der Waals surface area (Å²) in [5.41, 5.74) is 3.89. The summed E-state index contributed by atoms with van der Waals surface area (Å²) in [5, 5.41) is 13.1. The molecule has 5 nitrogen and oxygen atoms in total. The molecule has 110 valence electrons. The number of aromatic nitrogens is 2. The fourth-order valence-corrected chi connectivity index (χ4v) is 2.32. The summed E-state index contributed by atoms with van der Waals surface area (Å²) in [7, 11) is 0. The zero-order chi connectivity index (χ0) is 15.6. The van der Waals surface area contributed by atoms with E-state index < -0.39 is 5.97 Å². The van der Waals surface area contributed by atoms with Crippen molar-refractivity contribution in [3.8, 4) is 5.69 Å². The van der Waals surface area contributed by atoms with Crippen LogP contribution in [-0.4, -0.2) is 20.9 Å². The van der Waals surface area contributed by atoms with E-state index in [-0.39, 0.29) is 24.0 Å². The largest absolute Gasteiger partial charge is 0.481 e. The molecule has 0 spiro atoms. The summed E-state index contributed by atoms with van der Waals surface area (Å²) in [6, 6.07) is 7.53. The van der Waals surface area contributed by atoms with Crippen molar-refractivity contribution in [1.29, 1.82) is 0 Å². The number of benzene rings is 1. The molecular weight excluding hydrogens is 268 g/mol. The van der Waals surface area contributed by atoms with Crippen LogP contribution >= 0.6 is 0 Å². The summed E-state index contributed by atoms with van der Waals surface area (Å²) in [6.45, 7) is 5.81. The number of aryl methyl sites for hydroxylation is 4. The van der Waals surface area contributed by atoms with Crippen molar-refractivity contribution in [2.45, 2.75) is 33.6 Å². The smallest absolute Gasteiger partial charge is 0.303 e. The van der Waals surface area contributed by atoms with Crippen molar-refractivity contribution < 1.29 is 9.90 Å². The maximum Gasteiger partial charge on any atom is 0.303 e. The Bertz CT molecular complexity index is 727. The van der Waals surface area contributed by atoms with E-state index in [0.717, 1.165) is 22.5 Å². The number of nitrogens with zero attached hydrogens (tertiary/aromatic N) is 2.